The van der Waals surface area contributed by atoms with E-state index in [1.165, 1.54) is 10.9 Å². The predicted molar refractivity (Wildman–Crippen MR) is 158 cm³/mol. The van der Waals surface area contributed by atoms with Gasteiger partial charge in [0.1, 0.15) is 30.5 Å². The van der Waals surface area contributed by atoms with Gasteiger partial charge in [-0.1, -0.05) is 12.2 Å². The van der Waals surface area contributed by atoms with Crippen molar-refractivity contribution in [2.75, 3.05) is 24.7 Å². The Labute approximate surface area is 260 Å². The number of nitrogens with one attached hydrogen (secondary N) is 2. The second-order valence-electron chi connectivity index (χ2n) is 10.6. The number of aromatic nitrogens is 8. The van der Waals surface area contributed by atoms with Gasteiger partial charge < -0.3 is 35.1 Å². The molecule has 46 heavy (non-hydrogen) atoms. The summed E-state index contributed by atoms with van der Waals surface area (Å²) < 4.78 is 79.2. The molecule has 0 bridgehead atoms. The number of hydrogen-bond donors (Lipinski definition) is 6. The topological polar surface area (TPSA) is 289 Å². The summed E-state index contributed by atoms with van der Waals surface area (Å²) in [7, 11) is -3.06. The number of H-pyrrole nitrogens is 2. The predicted octanol–water partition coefficient (Wildman–Crippen LogP) is -1.49. The molecule has 21 nitrogen and oxygen atoms in total. The molecule has 4 aromatic heterocycles. The van der Waals surface area contributed by atoms with Gasteiger partial charge in [-0.05, 0) is 0 Å². The zero-order chi connectivity index (χ0) is 32.7. The van der Waals surface area contributed by atoms with Crippen molar-refractivity contribution in [1.29, 1.82) is 0 Å². The lowest BCUT2D eigenvalue weighted by molar-refractivity contribution is -0.0557. The van der Waals surface area contributed by atoms with E-state index in [0.29, 0.717) is 0 Å². The number of nitrogens with zero attached hydrogens (tertiary/aromatic N) is 6. The van der Waals surface area contributed by atoms with Gasteiger partial charge in [-0.2, -0.15) is 9.97 Å². The summed E-state index contributed by atoms with van der Waals surface area (Å²) >= 11 is 4.02. The second kappa shape index (κ2) is 11.2. The maximum absolute atomic E-state index is 16.0. The van der Waals surface area contributed by atoms with Crippen LogP contribution in [0, 0.1) is 0 Å². The number of halogens is 1. The Balaban J connectivity index is 1.18. The number of hydrogen-bond acceptors (Lipinski definition) is 17. The molecule has 3 fully saturated rings. The third-order valence-corrected chi connectivity index (χ3v) is 10.3. The normalized spacial score (nSPS) is 37.1. The molecule has 0 aromatic carbocycles. The number of thiol groups is 1. The standard InChI is InChI=1S/C20H24BFN10O11P2S/c21-44(36)38-1-6-12(10(33)18(41-6)32-4-26-9-14(32)28-20(24)30-16(9)35)43-45(37,46)39-2-5-11(42-44)7(22)17(40-5)31-3-25-8-13(31)27-19(23)29-15(8)34/h3-7,10-12,17-18,33H,1-2,21H2,(H,37,46)(H3,23,27,29,34)(H3,24,28,30,35)/t5-,6-,7?,10?,11?,12?,17-,18-,44?,45?/m1/s1. The first-order chi connectivity index (χ1) is 21.7. The number of imidazole rings is 2. The minimum Gasteiger partial charge on any atom is -0.386 e. The van der Waals surface area contributed by atoms with Crippen molar-refractivity contribution in [2.24, 2.45) is 0 Å². The van der Waals surface area contributed by atoms with E-state index >= 15 is 4.39 Å². The lowest BCUT2D eigenvalue weighted by Crippen LogP contribution is -2.38. The first kappa shape index (κ1) is 31.4. The summed E-state index contributed by atoms with van der Waals surface area (Å²) in [6, 6.07) is 0. The summed E-state index contributed by atoms with van der Waals surface area (Å²) in [6.07, 6.45) is -10.1. The Morgan fingerprint density at radius 2 is 1.43 bits per heavy atom. The Morgan fingerprint density at radius 1 is 0.913 bits per heavy atom. The molecule has 7 N–H and O–H groups in total. The van der Waals surface area contributed by atoms with Crippen molar-refractivity contribution in [3.63, 3.8) is 0 Å². The molecule has 10 atom stereocenters. The van der Waals surface area contributed by atoms with Crippen molar-refractivity contribution in [3.05, 3.63) is 33.4 Å². The molecule has 0 amide bonds. The Kier molecular flexibility index (Phi) is 7.66. The molecule has 6 unspecified atom stereocenters. The molecule has 4 aromatic rings. The molecule has 0 aliphatic carbocycles. The molecule has 0 radical (unpaired) electrons. The third-order valence-electron chi connectivity index (χ3n) is 7.47. The van der Waals surface area contributed by atoms with Crippen molar-refractivity contribution in [3.8, 4) is 0 Å². The summed E-state index contributed by atoms with van der Waals surface area (Å²) in [5, 5.41) is 11.2. The summed E-state index contributed by atoms with van der Waals surface area (Å²) in [5.41, 5.74) is 9.59. The average Bonchev–Trinajstić information content (AvgIpc) is 3.72. The minimum absolute atomic E-state index is 0.0417. The van der Waals surface area contributed by atoms with Gasteiger partial charge in [0.2, 0.25) is 11.9 Å². The molecule has 0 spiro atoms. The number of alkyl halides is 1. The third kappa shape index (κ3) is 5.47. The molecular formula is C20H24BFN10O11P2S. The molecule has 0 saturated carbocycles. The highest BCUT2D eigenvalue weighted by atomic mass is 32.7. The van der Waals surface area contributed by atoms with Crippen LogP contribution in [0.25, 0.3) is 22.3 Å². The van der Waals surface area contributed by atoms with Gasteiger partial charge in [0.05, 0.1) is 25.9 Å². The van der Waals surface area contributed by atoms with Crippen LogP contribution in [-0.2, 0) is 36.7 Å². The van der Waals surface area contributed by atoms with Crippen LogP contribution in [0.5, 0.6) is 0 Å². The van der Waals surface area contributed by atoms with E-state index in [2.05, 4.69) is 42.2 Å². The first-order valence-corrected chi connectivity index (χ1v) is 18.0. The SMILES string of the molecule is BP1(=O)OC[C@H]2O[C@@H](n3cnc4c(=O)[nH]c(N)nc43)C(O)C2OP(=O)(S)OC[C@H]2O[C@@H](n3cnc4c(=O)[nH]c(N)nc43)C(F)C2O1. The molecule has 7 rings (SSSR count). The van der Waals surface area contributed by atoms with Gasteiger partial charge in [-0.25, -0.2) is 18.9 Å². The quantitative estimate of drug-likeness (QED) is 0.0787. The number of anilines is 2. The zero-order valence-electron chi connectivity index (χ0n) is 23.3. The molecule has 3 aliphatic rings. The summed E-state index contributed by atoms with van der Waals surface area (Å²) in [4.78, 5) is 45.0. The van der Waals surface area contributed by atoms with Gasteiger partial charge in [0, 0.05) is 0 Å². The number of rotatable bonds is 2. The van der Waals surface area contributed by atoms with Crippen LogP contribution in [0.2, 0.25) is 0 Å². The van der Waals surface area contributed by atoms with Gasteiger partial charge in [0.25, 0.3) is 26.2 Å². The van der Waals surface area contributed by atoms with Gasteiger partial charge in [0.15, 0.2) is 41.0 Å². The Bertz CT molecular complexity index is 1920. The van der Waals surface area contributed by atoms with E-state index in [-0.39, 0.29) is 34.2 Å². The van der Waals surface area contributed by atoms with Crippen molar-refractivity contribution >= 4 is 68.3 Å². The fourth-order valence-corrected chi connectivity index (χ4v) is 8.13. The van der Waals surface area contributed by atoms with Gasteiger partial charge in [-0.3, -0.25) is 42.3 Å². The maximum Gasteiger partial charge on any atom is 0.386 e. The molecule has 3 saturated heterocycles. The van der Waals surface area contributed by atoms with Crippen LogP contribution >= 0.6 is 26.5 Å². The van der Waals surface area contributed by atoms with Crippen LogP contribution in [-0.4, -0.2) is 102 Å². The van der Waals surface area contributed by atoms with E-state index < -0.39 is 87.8 Å². The average molecular weight is 704 g/mol. The maximum atomic E-state index is 16.0. The molecule has 3 aliphatic heterocycles. The molecule has 246 valence electrons. The Hall–Kier alpha value is -3.18. The number of nitrogens with two attached hydrogens (primary N) is 2. The monoisotopic (exact) mass is 704 g/mol. The van der Waals surface area contributed by atoms with E-state index in [4.69, 9.17) is 39.0 Å². The molecule has 26 heteroatoms. The smallest absolute Gasteiger partial charge is 0.386 e. The highest BCUT2D eigenvalue weighted by Crippen LogP contribution is 2.58. The van der Waals surface area contributed by atoms with Crippen molar-refractivity contribution in [1.82, 2.24) is 39.0 Å². The summed E-state index contributed by atoms with van der Waals surface area (Å²) in [6.45, 7) is -5.63. The van der Waals surface area contributed by atoms with Crippen LogP contribution in [0.3, 0.4) is 0 Å². The van der Waals surface area contributed by atoms with Gasteiger partial charge in [-0.15, -0.1) is 0 Å². The number of aliphatic hydroxyl groups is 1. The highest BCUT2D eigenvalue weighted by molar-refractivity contribution is 8.44. The van der Waals surface area contributed by atoms with E-state index in [1.54, 1.807) is 0 Å². The molecular weight excluding hydrogens is 680 g/mol. The number of nitrogen functional groups attached to an aromatic ring is 2. The largest absolute Gasteiger partial charge is 0.386 e. The first-order valence-electron chi connectivity index (χ1n) is 13.4. The van der Waals surface area contributed by atoms with E-state index in [0.717, 1.165) is 18.5 Å². The highest BCUT2D eigenvalue weighted by Gasteiger charge is 2.53. The number of ether oxygens (including phenoxy) is 2. The van der Waals surface area contributed by atoms with Crippen molar-refractivity contribution < 1.29 is 46.2 Å². The minimum atomic E-state index is -4.38. The Morgan fingerprint density at radius 3 is 2.04 bits per heavy atom. The molecule has 7 heterocycles. The fourth-order valence-electron chi connectivity index (χ4n) is 5.46. The van der Waals surface area contributed by atoms with Crippen molar-refractivity contribution in [2.45, 2.75) is 49.1 Å². The number of fused-ring (bicyclic) bond motifs is 4. The van der Waals surface area contributed by atoms with Crippen LogP contribution in [0.1, 0.15) is 12.5 Å². The number of aliphatic hydroxyl groups excluding tert-OH is 1. The lowest BCUT2D eigenvalue weighted by Gasteiger charge is -2.29. The van der Waals surface area contributed by atoms with Crippen LogP contribution in [0.4, 0.5) is 16.3 Å². The van der Waals surface area contributed by atoms with Gasteiger partial charge >= 0.3 is 6.80 Å². The number of aromatic amines is 2. The van der Waals surface area contributed by atoms with Crippen LogP contribution in [0.15, 0.2) is 22.2 Å². The lowest BCUT2D eigenvalue weighted by atomic mass is 10.1. The van der Waals surface area contributed by atoms with E-state index in [9.17, 15) is 23.8 Å². The second-order valence-corrected chi connectivity index (χ2v) is 15.5. The van der Waals surface area contributed by atoms with E-state index in [1.807, 2.05) is 0 Å². The summed E-state index contributed by atoms with van der Waals surface area (Å²) in [5.74, 6) is -0.489. The zero-order valence-corrected chi connectivity index (χ0v) is 26.0. The fraction of sp³-hybridized carbons (Fsp3) is 0.500. The van der Waals surface area contributed by atoms with Crippen LogP contribution < -0.4 is 22.6 Å².